The van der Waals surface area contributed by atoms with E-state index in [1.807, 2.05) is 41.3 Å². The van der Waals surface area contributed by atoms with Crippen LogP contribution in [0.3, 0.4) is 0 Å². The third-order valence-corrected chi connectivity index (χ3v) is 6.14. The van der Waals surface area contributed by atoms with Crippen molar-refractivity contribution in [3.63, 3.8) is 0 Å². The second-order valence-corrected chi connectivity index (χ2v) is 7.65. The summed E-state index contributed by atoms with van der Waals surface area (Å²) in [6.45, 7) is 0.665. The number of thioether (sulfide) groups is 1. The predicted molar refractivity (Wildman–Crippen MR) is 103 cm³/mol. The van der Waals surface area contributed by atoms with Crippen molar-refractivity contribution in [1.29, 1.82) is 0 Å². The van der Waals surface area contributed by atoms with Crippen molar-refractivity contribution in [3.8, 4) is 0 Å². The van der Waals surface area contributed by atoms with E-state index >= 15 is 0 Å². The van der Waals surface area contributed by atoms with E-state index in [9.17, 15) is 9.59 Å². The molecule has 130 valence electrons. The zero-order valence-corrected chi connectivity index (χ0v) is 16.2. The van der Waals surface area contributed by atoms with Crippen molar-refractivity contribution >= 4 is 45.3 Å². The minimum atomic E-state index is -0.350. The zero-order valence-electron chi connectivity index (χ0n) is 13.8. The number of anilines is 1. The molecule has 6 heteroatoms. The second-order valence-electron chi connectivity index (χ2n) is 5.66. The molecule has 0 N–H and O–H groups in total. The Hall–Kier alpha value is -1.79. The van der Waals surface area contributed by atoms with Crippen LogP contribution in [0.5, 0.6) is 0 Å². The molecule has 0 radical (unpaired) electrons. The summed E-state index contributed by atoms with van der Waals surface area (Å²) in [5.41, 5.74) is 2.46. The van der Waals surface area contributed by atoms with Crippen molar-refractivity contribution < 1.29 is 14.3 Å². The predicted octanol–water partition coefficient (Wildman–Crippen LogP) is 4.31. The van der Waals surface area contributed by atoms with E-state index in [1.54, 1.807) is 17.8 Å². The maximum absolute atomic E-state index is 12.6. The number of rotatable bonds is 5. The number of benzene rings is 2. The lowest BCUT2D eigenvalue weighted by atomic mass is 10.1. The van der Waals surface area contributed by atoms with Crippen molar-refractivity contribution in [2.75, 3.05) is 24.3 Å². The first kappa shape index (κ1) is 18.0. The van der Waals surface area contributed by atoms with Crippen LogP contribution in [0.4, 0.5) is 5.69 Å². The first-order valence-corrected chi connectivity index (χ1v) is 9.77. The van der Waals surface area contributed by atoms with Crippen LogP contribution < -0.4 is 4.90 Å². The number of hydrogen-bond donors (Lipinski definition) is 0. The molecule has 0 aliphatic carbocycles. The summed E-state index contributed by atoms with van der Waals surface area (Å²) in [7, 11) is 1.37. The second kappa shape index (κ2) is 8.06. The Bertz CT molecular complexity index is 809. The Morgan fingerprint density at radius 1 is 1.24 bits per heavy atom. The molecule has 0 saturated heterocycles. The average molecular weight is 420 g/mol. The summed E-state index contributed by atoms with van der Waals surface area (Å²) < 4.78 is 5.80. The highest BCUT2D eigenvalue weighted by molar-refractivity contribution is 9.10. The van der Waals surface area contributed by atoms with E-state index in [-0.39, 0.29) is 11.9 Å². The van der Waals surface area contributed by atoms with Crippen LogP contribution in [-0.2, 0) is 16.0 Å². The molecule has 0 saturated carbocycles. The highest BCUT2D eigenvalue weighted by atomic mass is 79.9. The molecule has 0 bridgehead atoms. The van der Waals surface area contributed by atoms with Gasteiger partial charge in [-0.15, -0.1) is 11.8 Å². The molecule has 3 rings (SSSR count). The molecule has 0 aromatic heterocycles. The third kappa shape index (κ3) is 4.07. The van der Waals surface area contributed by atoms with Gasteiger partial charge in [-0.1, -0.05) is 12.1 Å². The Morgan fingerprint density at radius 3 is 2.80 bits per heavy atom. The van der Waals surface area contributed by atoms with E-state index in [4.69, 9.17) is 4.74 Å². The lowest BCUT2D eigenvalue weighted by Crippen LogP contribution is -2.29. The number of esters is 1. The van der Waals surface area contributed by atoms with Crippen molar-refractivity contribution in [1.82, 2.24) is 0 Å². The summed E-state index contributed by atoms with van der Waals surface area (Å²) in [5.74, 6) is 0.495. The van der Waals surface area contributed by atoms with E-state index in [2.05, 4.69) is 15.9 Å². The molecule has 1 aliphatic heterocycles. The maximum Gasteiger partial charge on any atom is 0.337 e. The van der Waals surface area contributed by atoms with Gasteiger partial charge in [-0.05, 0) is 58.2 Å². The third-order valence-electron chi connectivity index (χ3n) is 4.11. The molecule has 4 nitrogen and oxygen atoms in total. The van der Waals surface area contributed by atoms with Crippen LogP contribution in [0.25, 0.3) is 0 Å². The lowest BCUT2D eigenvalue weighted by Gasteiger charge is -2.17. The van der Waals surface area contributed by atoms with Crippen LogP contribution in [-0.4, -0.2) is 31.3 Å². The molecule has 1 aliphatic rings. The topological polar surface area (TPSA) is 46.6 Å². The molecule has 0 unspecified atom stereocenters. The maximum atomic E-state index is 12.6. The number of fused-ring (bicyclic) bond motifs is 1. The molecular formula is C19H18BrNO3S. The Balaban J connectivity index is 1.61. The van der Waals surface area contributed by atoms with Crippen LogP contribution in [0.2, 0.25) is 0 Å². The van der Waals surface area contributed by atoms with Gasteiger partial charge in [0.15, 0.2) is 0 Å². The molecular weight excluding hydrogens is 402 g/mol. The Labute approximate surface area is 159 Å². The Morgan fingerprint density at radius 2 is 2.04 bits per heavy atom. The highest BCUT2D eigenvalue weighted by Crippen LogP contribution is 2.31. The molecule has 25 heavy (non-hydrogen) atoms. The van der Waals surface area contributed by atoms with Crippen molar-refractivity contribution in [3.05, 3.63) is 58.1 Å². The van der Waals surface area contributed by atoms with Crippen molar-refractivity contribution in [2.24, 2.45) is 0 Å². The molecule has 0 atom stereocenters. The summed E-state index contributed by atoms with van der Waals surface area (Å²) >= 11 is 5.19. The van der Waals surface area contributed by atoms with Crippen LogP contribution in [0, 0.1) is 0 Å². The molecule has 1 amide bonds. The molecule has 0 fully saturated rings. The van der Waals surface area contributed by atoms with Gasteiger partial charge in [-0.2, -0.15) is 0 Å². The van der Waals surface area contributed by atoms with E-state index in [0.717, 1.165) is 32.8 Å². The van der Waals surface area contributed by atoms with Gasteiger partial charge in [0.25, 0.3) is 0 Å². The van der Waals surface area contributed by atoms with Crippen molar-refractivity contribution in [2.45, 2.75) is 17.7 Å². The molecule has 1 heterocycles. The lowest BCUT2D eigenvalue weighted by molar-refractivity contribution is -0.118. The minimum absolute atomic E-state index is 0.115. The van der Waals surface area contributed by atoms with Crippen LogP contribution >= 0.6 is 27.7 Å². The van der Waals surface area contributed by atoms with Gasteiger partial charge in [0.05, 0.1) is 12.7 Å². The quantitative estimate of drug-likeness (QED) is 0.535. The fourth-order valence-corrected chi connectivity index (χ4v) is 4.36. The summed E-state index contributed by atoms with van der Waals surface area (Å²) in [6.07, 6.45) is 1.24. The van der Waals surface area contributed by atoms with E-state index < -0.39 is 0 Å². The number of methoxy groups -OCH3 is 1. The fourth-order valence-electron chi connectivity index (χ4n) is 2.85. The number of amides is 1. The minimum Gasteiger partial charge on any atom is -0.465 e. The van der Waals surface area contributed by atoms with Crippen LogP contribution in [0.1, 0.15) is 22.3 Å². The van der Waals surface area contributed by atoms with E-state index in [0.29, 0.717) is 18.5 Å². The molecule has 2 aromatic carbocycles. The average Bonchev–Trinajstić information content (AvgIpc) is 3.05. The van der Waals surface area contributed by atoms with Gasteiger partial charge in [0.2, 0.25) is 5.91 Å². The largest absolute Gasteiger partial charge is 0.465 e. The summed E-state index contributed by atoms with van der Waals surface area (Å²) in [6, 6.07) is 13.4. The fraction of sp³-hybridized carbons (Fsp3) is 0.263. The van der Waals surface area contributed by atoms with Crippen LogP contribution in [0.15, 0.2) is 51.8 Å². The smallest absolute Gasteiger partial charge is 0.337 e. The van der Waals surface area contributed by atoms with Gasteiger partial charge in [-0.3, -0.25) is 4.79 Å². The zero-order chi connectivity index (χ0) is 17.8. The number of nitrogens with zero attached hydrogens (tertiary/aromatic N) is 1. The van der Waals surface area contributed by atoms with Gasteiger partial charge in [-0.25, -0.2) is 4.79 Å². The normalized spacial score (nSPS) is 12.8. The standard InChI is InChI=1S/C19H18BrNO3S/c1-24-19(23)14-6-7-16-13(12-14)8-10-21(16)18(22)9-11-25-17-5-3-2-4-15(17)20/h2-7,12H,8-11H2,1H3. The van der Waals surface area contributed by atoms with Gasteiger partial charge in [0, 0.05) is 33.8 Å². The first-order chi connectivity index (χ1) is 12.1. The summed E-state index contributed by atoms with van der Waals surface area (Å²) in [5, 5.41) is 0. The summed E-state index contributed by atoms with van der Waals surface area (Å²) in [4.78, 5) is 27.1. The number of carbonyl (C=O) groups is 2. The SMILES string of the molecule is COC(=O)c1ccc2c(c1)CCN2C(=O)CCSc1ccccc1Br. The monoisotopic (exact) mass is 419 g/mol. The van der Waals surface area contributed by atoms with Gasteiger partial charge < -0.3 is 9.64 Å². The number of hydrogen-bond acceptors (Lipinski definition) is 4. The van der Waals surface area contributed by atoms with Gasteiger partial charge in [0.1, 0.15) is 0 Å². The number of carbonyl (C=O) groups excluding carboxylic acids is 2. The molecule has 2 aromatic rings. The molecule has 0 spiro atoms. The number of halogens is 1. The first-order valence-electron chi connectivity index (χ1n) is 7.99. The van der Waals surface area contributed by atoms with Gasteiger partial charge >= 0.3 is 5.97 Å². The number of ether oxygens (including phenoxy) is 1. The highest BCUT2D eigenvalue weighted by Gasteiger charge is 2.25. The Kier molecular flexibility index (Phi) is 5.81. The van der Waals surface area contributed by atoms with E-state index in [1.165, 1.54) is 7.11 Å².